The number of anilines is 1. The van der Waals surface area contributed by atoms with E-state index in [0.717, 1.165) is 10.0 Å². The molecule has 1 aromatic heterocycles. The molecular weight excluding hydrogens is 373 g/mol. The maximum Gasteiger partial charge on any atom is 0.233 e. The van der Waals surface area contributed by atoms with Gasteiger partial charge in [0.2, 0.25) is 5.91 Å². The Bertz CT molecular complexity index is 817. The van der Waals surface area contributed by atoms with Crippen LogP contribution in [-0.4, -0.2) is 53.5 Å². The van der Waals surface area contributed by atoms with Crippen molar-refractivity contribution in [3.05, 3.63) is 40.7 Å². The first kappa shape index (κ1) is 18.8. The second-order valence-corrected chi connectivity index (χ2v) is 8.21. The number of aromatic nitrogens is 1. The van der Waals surface area contributed by atoms with Gasteiger partial charge in [0.1, 0.15) is 5.82 Å². The van der Waals surface area contributed by atoms with Gasteiger partial charge in [-0.2, -0.15) is 0 Å². The van der Waals surface area contributed by atoms with Gasteiger partial charge in [-0.05, 0) is 32.0 Å². The van der Waals surface area contributed by atoms with Crippen LogP contribution in [0.1, 0.15) is 23.0 Å². The molecule has 0 saturated carbocycles. The van der Waals surface area contributed by atoms with Crippen molar-refractivity contribution in [2.75, 3.05) is 36.8 Å². The zero-order valence-electron chi connectivity index (χ0n) is 14.7. The lowest BCUT2D eigenvalue weighted by Crippen LogP contribution is -2.49. The number of amides is 1. The van der Waals surface area contributed by atoms with Crippen molar-refractivity contribution in [3.63, 3.8) is 0 Å². The van der Waals surface area contributed by atoms with Crippen molar-refractivity contribution in [2.24, 2.45) is 0 Å². The van der Waals surface area contributed by atoms with Crippen LogP contribution in [0.3, 0.4) is 0 Å². The summed E-state index contributed by atoms with van der Waals surface area (Å²) in [7, 11) is 0. The molecule has 0 radical (unpaired) electrons. The minimum atomic E-state index is -0.396. The summed E-state index contributed by atoms with van der Waals surface area (Å²) in [6.07, 6.45) is 0. The Labute approximate surface area is 160 Å². The van der Waals surface area contributed by atoms with Crippen LogP contribution in [0.25, 0.3) is 0 Å². The number of piperazine rings is 1. The largest absolute Gasteiger partial charge is 0.366 e. The van der Waals surface area contributed by atoms with E-state index in [1.807, 2.05) is 22.1 Å². The lowest BCUT2D eigenvalue weighted by atomic mass is 10.1. The average molecular weight is 394 g/mol. The number of Topliss-reactive ketones (excluding diaryl/α,β-unsaturated/α-hetero) is 1. The normalized spacial score (nSPS) is 14.6. The predicted octanol–water partition coefficient (Wildman–Crippen LogP) is 3.23. The third-order valence-corrected chi connectivity index (χ3v) is 6.37. The highest BCUT2D eigenvalue weighted by molar-refractivity contribution is 8.01. The number of thioether (sulfide) groups is 1. The van der Waals surface area contributed by atoms with Gasteiger partial charge < -0.3 is 9.80 Å². The highest BCUT2D eigenvalue weighted by atomic mass is 32.2. The molecule has 1 aliphatic rings. The van der Waals surface area contributed by atoms with Crippen LogP contribution in [-0.2, 0) is 4.79 Å². The van der Waals surface area contributed by atoms with Crippen LogP contribution in [0.5, 0.6) is 0 Å². The molecule has 3 rings (SSSR count). The molecule has 0 aliphatic carbocycles. The SMILES string of the molecule is CC(=O)c1ccc(N2CCN(C(=O)CSc3nc(C)cs3)CC2)c(F)c1. The molecule has 1 fully saturated rings. The molecule has 1 aromatic carbocycles. The standard InChI is InChI=1S/C18H20FN3O2S2/c1-12-10-25-18(20-12)26-11-17(24)22-7-5-21(6-8-22)16-4-3-14(13(2)23)9-15(16)19/h3-4,9-10H,5-8,11H2,1-2H3. The predicted molar refractivity (Wildman–Crippen MR) is 103 cm³/mol. The van der Waals surface area contributed by atoms with Gasteiger partial charge >= 0.3 is 0 Å². The Kier molecular flexibility index (Phi) is 5.93. The number of benzene rings is 1. The number of halogens is 1. The Morgan fingerprint density at radius 1 is 1.27 bits per heavy atom. The van der Waals surface area contributed by atoms with Gasteiger partial charge in [0.25, 0.3) is 0 Å². The molecule has 1 amide bonds. The molecule has 8 heteroatoms. The molecule has 26 heavy (non-hydrogen) atoms. The smallest absolute Gasteiger partial charge is 0.233 e. The zero-order valence-corrected chi connectivity index (χ0v) is 16.3. The van der Waals surface area contributed by atoms with E-state index >= 15 is 0 Å². The van der Waals surface area contributed by atoms with Crippen LogP contribution in [0, 0.1) is 12.7 Å². The van der Waals surface area contributed by atoms with Crippen molar-refractivity contribution >= 4 is 40.5 Å². The fourth-order valence-corrected chi connectivity index (χ4v) is 4.54. The van der Waals surface area contributed by atoms with E-state index in [4.69, 9.17) is 0 Å². The van der Waals surface area contributed by atoms with Crippen molar-refractivity contribution < 1.29 is 14.0 Å². The summed E-state index contributed by atoms with van der Waals surface area (Å²) in [4.78, 5) is 31.8. The van der Waals surface area contributed by atoms with Crippen molar-refractivity contribution in [3.8, 4) is 0 Å². The summed E-state index contributed by atoms with van der Waals surface area (Å²) in [6.45, 7) is 5.62. The van der Waals surface area contributed by atoms with Crippen molar-refractivity contribution in [2.45, 2.75) is 18.2 Å². The van der Waals surface area contributed by atoms with Crippen LogP contribution in [0.15, 0.2) is 27.9 Å². The number of ketones is 1. The van der Waals surface area contributed by atoms with Crippen molar-refractivity contribution in [1.29, 1.82) is 0 Å². The fraction of sp³-hybridized carbons (Fsp3) is 0.389. The number of thiazole rings is 1. The van der Waals surface area contributed by atoms with E-state index in [2.05, 4.69) is 4.98 Å². The van der Waals surface area contributed by atoms with Gasteiger partial charge in [0, 0.05) is 42.8 Å². The van der Waals surface area contributed by atoms with E-state index in [-0.39, 0.29) is 11.7 Å². The molecule has 138 valence electrons. The second kappa shape index (κ2) is 8.18. The molecule has 0 bridgehead atoms. The van der Waals surface area contributed by atoms with E-state index < -0.39 is 5.82 Å². The first-order valence-electron chi connectivity index (χ1n) is 8.32. The van der Waals surface area contributed by atoms with Gasteiger partial charge in [0.15, 0.2) is 10.1 Å². The van der Waals surface area contributed by atoms with Crippen LogP contribution < -0.4 is 4.90 Å². The number of carbonyl (C=O) groups excluding carboxylic acids is 2. The lowest BCUT2D eigenvalue weighted by Gasteiger charge is -2.36. The Hall–Kier alpha value is -1.93. The van der Waals surface area contributed by atoms with Crippen LogP contribution in [0.2, 0.25) is 0 Å². The van der Waals surface area contributed by atoms with E-state index in [1.54, 1.807) is 23.5 Å². The number of rotatable bonds is 5. The monoisotopic (exact) mass is 393 g/mol. The zero-order chi connectivity index (χ0) is 18.7. The topological polar surface area (TPSA) is 53.5 Å². The Morgan fingerprint density at radius 2 is 2.00 bits per heavy atom. The number of hydrogen-bond donors (Lipinski definition) is 0. The average Bonchev–Trinajstić information content (AvgIpc) is 3.05. The molecule has 2 heterocycles. The molecule has 0 N–H and O–H groups in total. The summed E-state index contributed by atoms with van der Waals surface area (Å²) < 4.78 is 15.2. The molecule has 5 nitrogen and oxygen atoms in total. The molecular formula is C18H20FN3O2S2. The maximum absolute atomic E-state index is 14.3. The number of carbonyl (C=O) groups is 2. The van der Waals surface area contributed by atoms with E-state index in [1.165, 1.54) is 24.8 Å². The molecule has 1 saturated heterocycles. The van der Waals surface area contributed by atoms with Crippen LogP contribution in [0.4, 0.5) is 10.1 Å². The van der Waals surface area contributed by atoms with E-state index in [0.29, 0.717) is 43.2 Å². The summed E-state index contributed by atoms with van der Waals surface area (Å²) in [5.41, 5.74) is 1.82. The maximum atomic E-state index is 14.3. The summed E-state index contributed by atoms with van der Waals surface area (Å²) in [6, 6.07) is 4.57. The Balaban J connectivity index is 1.53. The highest BCUT2D eigenvalue weighted by Crippen LogP contribution is 2.24. The van der Waals surface area contributed by atoms with Gasteiger partial charge in [-0.15, -0.1) is 11.3 Å². The Morgan fingerprint density at radius 3 is 2.58 bits per heavy atom. The number of nitrogens with zero attached hydrogens (tertiary/aromatic N) is 3. The summed E-state index contributed by atoms with van der Waals surface area (Å²) in [5, 5.41) is 1.97. The number of aryl methyl sites for hydroxylation is 1. The highest BCUT2D eigenvalue weighted by Gasteiger charge is 2.23. The quantitative estimate of drug-likeness (QED) is 0.577. The molecule has 1 aliphatic heterocycles. The lowest BCUT2D eigenvalue weighted by molar-refractivity contribution is -0.128. The van der Waals surface area contributed by atoms with E-state index in [9.17, 15) is 14.0 Å². The van der Waals surface area contributed by atoms with Gasteiger partial charge in [-0.25, -0.2) is 9.37 Å². The van der Waals surface area contributed by atoms with Crippen LogP contribution >= 0.6 is 23.1 Å². The first-order valence-corrected chi connectivity index (χ1v) is 10.2. The third kappa shape index (κ3) is 4.42. The molecule has 0 spiro atoms. The van der Waals surface area contributed by atoms with Gasteiger partial charge in [0.05, 0.1) is 11.4 Å². The minimum absolute atomic E-state index is 0.0786. The first-order chi connectivity index (χ1) is 12.4. The van der Waals surface area contributed by atoms with Crippen molar-refractivity contribution in [1.82, 2.24) is 9.88 Å². The third-order valence-electron chi connectivity index (χ3n) is 4.24. The number of hydrogen-bond acceptors (Lipinski definition) is 6. The van der Waals surface area contributed by atoms with Gasteiger partial charge in [-0.3, -0.25) is 9.59 Å². The molecule has 0 atom stereocenters. The second-order valence-electron chi connectivity index (χ2n) is 6.13. The summed E-state index contributed by atoms with van der Waals surface area (Å²) >= 11 is 3.01. The fourth-order valence-electron chi connectivity index (χ4n) is 2.79. The van der Waals surface area contributed by atoms with Gasteiger partial charge in [-0.1, -0.05) is 11.8 Å². The molecule has 0 unspecified atom stereocenters. The summed E-state index contributed by atoms with van der Waals surface area (Å²) in [5.74, 6) is -0.102. The minimum Gasteiger partial charge on any atom is -0.366 e. The molecule has 2 aromatic rings.